The number of anilines is 1. The minimum Gasteiger partial charge on any atom is -0.325 e. The minimum absolute atomic E-state index is 0.0116. The van der Waals surface area contributed by atoms with Gasteiger partial charge in [-0.15, -0.1) is 0 Å². The lowest BCUT2D eigenvalue weighted by Gasteiger charge is -2.16. The van der Waals surface area contributed by atoms with Crippen LogP contribution in [0.1, 0.15) is 35.6 Å². The molecule has 4 rings (SSSR count). The van der Waals surface area contributed by atoms with Gasteiger partial charge in [0, 0.05) is 24.6 Å². The topological polar surface area (TPSA) is 59.0 Å². The van der Waals surface area contributed by atoms with Gasteiger partial charge in [0.15, 0.2) is 0 Å². The number of carbonyl (C=O) groups is 1. The van der Waals surface area contributed by atoms with Gasteiger partial charge in [-0.05, 0) is 66.6 Å². The van der Waals surface area contributed by atoms with Crippen LogP contribution in [-0.4, -0.2) is 21.7 Å². The summed E-state index contributed by atoms with van der Waals surface area (Å²) in [5, 5.41) is 10.7. The van der Waals surface area contributed by atoms with E-state index in [0.29, 0.717) is 6.54 Å². The highest BCUT2D eigenvalue weighted by molar-refractivity contribution is 5.94. The van der Waals surface area contributed by atoms with Gasteiger partial charge in [0.1, 0.15) is 0 Å². The van der Waals surface area contributed by atoms with Gasteiger partial charge in [0.05, 0.1) is 12.6 Å². The summed E-state index contributed by atoms with van der Waals surface area (Å²) in [7, 11) is 0. The van der Waals surface area contributed by atoms with E-state index >= 15 is 0 Å². The number of hydrogen-bond donors (Lipinski definition) is 2. The normalized spacial score (nSPS) is 13.9. The predicted molar refractivity (Wildman–Crippen MR) is 111 cm³/mol. The fraction of sp³-hybridized carbons (Fsp3) is 0.304. The van der Waals surface area contributed by atoms with Crippen LogP contribution < -0.4 is 10.6 Å². The Morgan fingerprint density at radius 3 is 2.75 bits per heavy atom. The summed E-state index contributed by atoms with van der Waals surface area (Å²) in [6, 6.07) is 16.2. The number of aromatic nitrogens is 2. The van der Waals surface area contributed by atoms with E-state index in [4.69, 9.17) is 0 Å². The van der Waals surface area contributed by atoms with Crippen LogP contribution in [0.4, 0.5) is 5.69 Å². The summed E-state index contributed by atoms with van der Waals surface area (Å²) >= 11 is 0. The van der Waals surface area contributed by atoms with Gasteiger partial charge in [0.2, 0.25) is 5.91 Å². The smallest absolute Gasteiger partial charge is 0.241 e. The first-order valence-corrected chi connectivity index (χ1v) is 9.89. The number of hydrogen-bond acceptors (Lipinski definition) is 3. The third-order valence-corrected chi connectivity index (χ3v) is 5.37. The Balaban J connectivity index is 1.35. The molecule has 28 heavy (non-hydrogen) atoms. The van der Waals surface area contributed by atoms with Crippen LogP contribution in [0.5, 0.6) is 0 Å². The predicted octanol–water partition coefficient (Wildman–Crippen LogP) is 3.54. The Labute approximate surface area is 165 Å². The van der Waals surface area contributed by atoms with E-state index in [-0.39, 0.29) is 11.9 Å². The second kappa shape index (κ2) is 8.40. The molecular weight excluding hydrogens is 348 g/mol. The molecule has 5 nitrogen and oxygen atoms in total. The zero-order valence-corrected chi connectivity index (χ0v) is 16.2. The van der Waals surface area contributed by atoms with Gasteiger partial charge in [-0.1, -0.05) is 30.3 Å². The van der Waals surface area contributed by atoms with Crippen molar-refractivity contribution in [1.29, 1.82) is 0 Å². The molecule has 1 aromatic heterocycles. The van der Waals surface area contributed by atoms with Gasteiger partial charge in [-0.25, -0.2) is 0 Å². The SMILES string of the molecule is CC(NCc1ccccc1Cn1cccn1)C(=O)Nc1ccc2c(c1)CCC2. The molecule has 144 valence electrons. The van der Waals surface area contributed by atoms with E-state index in [0.717, 1.165) is 25.1 Å². The van der Waals surface area contributed by atoms with Crippen LogP contribution in [0.2, 0.25) is 0 Å². The monoisotopic (exact) mass is 374 g/mol. The van der Waals surface area contributed by atoms with E-state index in [9.17, 15) is 4.79 Å². The molecule has 1 heterocycles. The lowest BCUT2D eigenvalue weighted by Crippen LogP contribution is -2.37. The molecule has 1 amide bonds. The number of aryl methyl sites for hydroxylation is 2. The highest BCUT2D eigenvalue weighted by Gasteiger charge is 2.15. The Morgan fingerprint density at radius 2 is 1.93 bits per heavy atom. The average molecular weight is 374 g/mol. The van der Waals surface area contributed by atoms with Crippen LogP contribution in [0.15, 0.2) is 60.9 Å². The zero-order chi connectivity index (χ0) is 19.3. The summed E-state index contributed by atoms with van der Waals surface area (Å²) in [6.45, 7) is 3.26. The van der Waals surface area contributed by atoms with E-state index in [2.05, 4.69) is 40.0 Å². The molecule has 2 aromatic carbocycles. The van der Waals surface area contributed by atoms with Crippen LogP contribution >= 0.6 is 0 Å². The average Bonchev–Trinajstić information content (AvgIpc) is 3.38. The molecule has 1 unspecified atom stereocenters. The van der Waals surface area contributed by atoms with E-state index in [1.54, 1.807) is 6.20 Å². The number of benzene rings is 2. The second-order valence-corrected chi connectivity index (χ2v) is 7.40. The molecule has 2 N–H and O–H groups in total. The molecule has 1 aliphatic carbocycles. The number of nitrogens with zero attached hydrogens (tertiary/aromatic N) is 2. The number of rotatable bonds is 7. The van der Waals surface area contributed by atoms with Crippen molar-refractivity contribution < 1.29 is 4.79 Å². The molecule has 0 fully saturated rings. The van der Waals surface area contributed by atoms with E-state index in [1.807, 2.05) is 42.1 Å². The number of nitrogens with one attached hydrogen (secondary N) is 2. The van der Waals surface area contributed by atoms with Gasteiger partial charge >= 0.3 is 0 Å². The number of fused-ring (bicyclic) bond motifs is 1. The minimum atomic E-state index is -0.286. The maximum absolute atomic E-state index is 12.6. The molecule has 0 bridgehead atoms. The van der Waals surface area contributed by atoms with Crippen LogP contribution in [0.25, 0.3) is 0 Å². The lowest BCUT2D eigenvalue weighted by molar-refractivity contribution is -0.117. The molecule has 3 aromatic rings. The van der Waals surface area contributed by atoms with Crippen LogP contribution in [0, 0.1) is 0 Å². The van der Waals surface area contributed by atoms with Crippen molar-refractivity contribution in [3.05, 3.63) is 83.2 Å². The summed E-state index contributed by atoms with van der Waals surface area (Å²) in [5.74, 6) is -0.0116. The molecule has 0 saturated heterocycles. The van der Waals surface area contributed by atoms with Crippen molar-refractivity contribution in [3.63, 3.8) is 0 Å². The lowest BCUT2D eigenvalue weighted by atomic mass is 10.1. The summed E-state index contributed by atoms with van der Waals surface area (Å²) < 4.78 is 1.91. The Morgan fingerprint density at radius 1 is 1.11 bits per heavy atom. The molecular formula is C23H26N4O. The van der Waals surface area contributed by atoms with Crippen molar-refractivity contribution in [2.24, 2.45) is 0 Å². The first-order chi connectivity index (χ1) is 13.7. The molecule has 0 aliphatic heterocycles. The van der Waals surface area contributed by atoms with Crippen molar-refractivity contribution in [2.45, 2.75) is 45.3 Å². The number of carbonyl (C=O) groups excluding carboxylic acids is 1. The molecule has 1 atom stereocenters. The van der Waals surface area contributed by atoms with E-state index < -0.39 is 0 Å². The highest BCUT2D eigenvalue weighted by Crippen LogP contribution is 2.25. The molecule has 1 aliphatic rings. The fourth-order valence-corrected chi connectivity index (χ4v) is 3.71. The molecule has 0 radical (unpaired) electrons. The van der Waals surface area contributed by atoms with Crippen molar-refractivity contribution >= 4 is 11.6 Å². The third kappa shape index (κ3) is 4.31. The Bertz CT molecular complexity index is 949. The quantitative estimate of drug-likeness (QED) is 0.665. The molecule has 0 saturated carbocycles. The van der Waals surface area contributed by atoms with Crippen LogP contribution in [-0.2, 0) is 30.7 Å². The van der Waals surface area contributed by atoms with Gasteiger partial charge < -0.3 is 10.6 Å². The van der Waals surface area contributed by atoms with Gasteiger partial charge in [-0.2, -0.15) is 5.10 Å². The number of amides is 1. The molecule has 5 heteroatoms. The standard InChI is InChI=1S/C23H26N4O/c1-17(23(28)26-22-11-10-18-8-4-9-19(18)14-22)24-15-20-6-2-3-7-21(20)16-27-13-5-12-25-27/h2-3,5-7,10-14,17,24H,4,8-9,15-16H2,1H3,(H,26,28). The highest BCUT2D eigenvalue weighted by atomic mass is 16.2. The van der Waals surface area contributed by atoms with Gasteiger partial charge in [-0.3, -0.25) is 9.48 Å². The third-order valence-electron chi connectivity index (χ3n) is 5.37. The molecule has 0 spiro atoms. The van der Waals surface area contributed by atoms with Crippen molar-refractivity contribution in [1.82, 2.24) is 15.1 Å². The Hall–Kier alpha value is -2.92. The first-order valence-electron chi connectivity index (χ1n) is 9.89. The largest absolute Gasteiger partial charge is 0.325 e. The van der Waals surface area contributed by atoms with Crippen LogP contribution in [0.3, 0.4) is 0 Å². The summed E-state index contributed by atoms with van der Waals surface area (Å²) in [5.41, 5.74) is 6.04. The van der Waals surface area contributed by atoms with Gasteiger partial charge in [0.25, 0.3) is 0 Å². The summed E-state index contributed by atoms with van der Waals surface area (Å²) in [4.78, 5) is 12.6. The first kappa shape index (κ1) is 18.4. The zero-order valence-electron chi connectivity index (χ0n) is 16.2. The van der Waals surface area contributed by atoms with Crippen molar-refractivity contribution in [2.75, 3.05) is 5.32 Å². The van der Waals surface area contributed by atoms with Crippen molar-refractivity contribution in [3.8, 4) is 0 Å². The fourth-order valence-electron chi connectivity index (χ4n) is 3.71. The second-order valence-electron chi connectivity index (χ2n) is 7.40. The summed E-state index contributed by atoms with van der Waals surface area (Å²) in [6.07, 6.45) is 7.21. The van der Waals surface area contributed by atoms with E-state index in [1.165, 1.54) is 28.7 Å². The Kier molecular flexibility index (Phi) is 5.53. The maximum atomic E-state index is 12.6. The maximum Gasteiger partial charge on any atom is 0.241 e.